The number of aliphatic hydroxyl groups excluding tert-OH is 2. The van der Waals surface area contributed by atoms with Crippen LogP contribution in [0, 0.1) is 29.1 Å². The van der Waals surface area contributed by atoms with Crippen molar-refractivity contribution >= 4 is 11.7 Å². The summed E-state index contributed by atoms with van der Waals surface area (Å²) < 4.78 is 0. The van der Waals surface area contributed by atoms with Crippen molar-refractivity contribution in [1.82, 2.24) is 5.32 Å². The highest BCUT2D eigenvalue weighted by Crippen LogP contribution is 2.57. The summed E-state index contributed by atoms with van der Waals surface area (Å²) >= 11 is 0. The van der Waals surface area contributed by atoms with Crippen LogP contribution in [0.25, 0.3) is 0 Å². The summed E-state index contributed by atoms with van der Waals surface area (Å²) in [6, 6.07) is -0.970. The minimum atomic E-state index is -0.970. The number of carbonyl (C=O) groups is 2. The number of Topliss-reactive ketones (excluding diaryl/α,β-unsaturated/α-hetero) is 1. The molecule has 3 aliphatic rings. The highest BCUT2D eigenvalue weighted by molar-refractivity contribution is 6.27. The lowest BCUT2D eigenvalue weighted by Gasteiger charge is -2.52. The van der Waals surface area contributed by atoms with Crippen molar-refractivity contribution in [3.8, 4) is 0 Å². The van der Waals surface area contributed by atoms with Crippen LogP contribution in [0.5, 0.6) is 0 Å². The Morgan fingerprint density at radius 2 is 2.03 bits per heavy atom. The molecule has 1 heterocycles. The molecule has 29 heavy (non-hydrogen) atoms. The van der Waals surface area contributed by atoms with Crippen LogP contribution in [-0.4, -0.2) is 34.6 Å². The van der Waals surface area contributed by atoms with Gasteiger partial charge in [-0.15, -0.1) is 0 Å². The molecule has 6 atom stereocenters. The quantitative estimate of drug-likeness (QED) is 0.222. The minimum absolute atomic E-state index is 0.116. The van der Waals surface area contributed by atoms with E-state index >= 15 is 0 Å². The van der Waals surface area contributed by atoms with Gasteiger partial charge < -0.3 is 15.5 Å². The molecule has 2 aliphatic carbocycles. The number of hydrogen-bond acceptors (Lipinski definition) is 4. The largest absolute Gasteiger partial charge is 0.511 e. The summed E-state index contributed by atoms with van der Waals surface area (Å²) in [7, 11) is 0. The second-order valence-electron chi connectivity index (χ2n) is 9.07. The monoisotopic (exact) mass is 399 g/mol. The molecule has 6 unspecified atom stereocenters. The number of allylic oxidation sites excluding steroid dienone is 7. The van der Waals surface area contributed by atoms with Gasteiger partial charge in [0, 0.05) is 11.3 Å². The molecule has 0 aromatic carbocycles. The Labute approximate surface area is 173 Å². The molecule has 0 bridgehead atoms. The van der Waals surface area contributed by atoms with Crippen molar-refractivity contribution in [3.05, 3.63) is 47.3 Å². The molecule has 1 saturated carbocycles. The van der Waals surface area contributed by atoms with Crippen LogP contribution in [0.15, 0.2) is 47.3 Å². The van der Waals surface area contributed by atoms with E-state index in [0.717, 1.165) is 24.8 Å². The molecule has 3 N–H and O–H groups in total. The molecule has 1 amide bonds. The summed E-state index contributed by atoms with van der Waals surface area (Å²) in [4.78, 5) is 25.3. The first-order chi connectivity index (χ1) is 13.7. The van der Waals surface area contributed by atoms with E-state index < -0.39 is 29.8 Å². The van der Waals surface area contributed by atoms with Crippen molar-refractivity contribution in [1.29, 1.82) is 0 Å². The van der Waals surface area contributed by atoms with E-state index in [1.54, 1.807) is 0 Å². The summed E-state index contributed by atoms with van der Waals surface area (Å²) in [5.41, 5.74) is 0.220. The normalized spacial score (nSPS) is 39.6. The lowest BCUT2D eigenvalue weighted by Crippen LogP contribution is -2.46. The van der Waals surface area contributed by atoms with Crippen LogP contribution in [-0.2, 0) is 9.59 Å². The fourth-order valence-corrected chi connectivity index (χ4v) is 5.66. The average Bonchev–Trinajstić information content (AvgIpc) is 2.96. The third-order valence-corrected chi connectivity index (χ3v) is 7.18. The number of fused-ring (bicyclic) bond motifs is 1. The van der Waals surface area contributed by atoms with Crippen LogP contribution in [0.4, 0.5) is 0 Å². The van der Waals surface area contributed by atoms with Crippen LogP contribution < -0.4 is 5.32 Å². The number of nitrogens with one attached hydrogen (secondary N) is 1. The molecule has 1 saturated heterocycles. The highest BCUT2D eigenvalue weighted by atomic mass is 16.3. The molecule has 0 spiro atoms. The molecule has 0 radical (unpaired) electrons. The molecule has 158 valence electrons. The second-order valence-corrected chi connectivity index (χ2v) is 9.07. The number of rotatable bonds is 4. The Kier molecular flexibility index (Phi) is 6.18. The second kappa shape index (κ2) is 8.31. The molecule has 3 rings (SSSR count). The molecule has 2 fully saturated rings. The van der Waals surface area contributed by atoms with Gasteiger partial charge in [-0.25, -0.2) is 0 Å². The van der Waals surface area contributed by atoms with E-state index in [0.29, 0.717) is 11.8 Å². The Morgan fingerprint density at radius 1 is 1.31 bits per heavy atom. The predicted octanol–water partition coefficient (Wildman–Crippen LogP) is 3.63. The zero-order valence-electron chi connectivity index (χ0n) is 17.8. The van der Waals surface area contributed by atoms with Crippen LogP contribution in [0.2, 0.25) is 0 Å². The number of aliphatic hydroxyl groups is 2. The smallest absolute Gasteiger partial charge is 0.259 e. The first kappa shape index (κ1) is 21.6. The predicted molar refractivity (Wildman–Crippen MR) is 113 cm³/mol. The lowest BCUT2D eigenvalue weighted by molar-refractivity contribution is -0.118. The van der Waals surface area contributed by atoms with Crippen molar-refractivity contribution in [2.24, 2.45) is 29.1 Å². The molecule has 1 aliphatic heterocycles. The van der Waals surface area contributed by atoms with Crippen LogP contribution >= 0.6 is 0 Å². The summed E-state index contributed by atoms with van der Waals surface area (Å²) in [5.74, 6) is -0.269. The molecular weight excluding hydrogens is 366 g/mol. The average molecular weight is 400 g/mol. The van der Waals surface area contributed by atoms with Crippen LogP contribution in [0.1, 0.15) is 47.0 Å². The summed E-state index contributed by atoms with van der Waals surface area (Å²) in [6.45, 7) is 7.81. The van der Waals surface area contributed by atoms with Crippen molar-refractivity contribution in [2.45, 2.75) is 53.0 Å². The Morgan fingerprint density at radius 3 is 2.66 bits per heavy atom. The van der Waals surface area contributed by atoms with Gasteiger partial charge in [0.25, 0.3) is 5.91 Å². The van der Waals surface area contributed by atoms with Gasteiger partial charge in [-0.2, -0.15) is 0 Å². The Bertz CT molecular complexity index is 806. The van der Waals surface area contributed by atoms with Gasteiger partial charge >= 0.3 is 0 Å². The van der Waals surface area contributed by atoms with Gasteiger partial charge in [-0.05, 0) is 44.4 Å². The van der Waals surface area contributed by atoms with Gasteiger partial charge in [0.15, 0.2) is 5.78 Å². The summed E-state index contributed by atoms with van der Waals surface area (Å²) in [5, 5.41) is 23.4. The van der Waals surface area contributed by atoms with E-state index in [1.807, 2.05) is 32.1 Å². The first-order valence-corrected chi connectivity index (χ1v) is 10.6. The maximum Gasteiger partial charge on any atom is 0.259 e. The lowest BCUT2D eigenvalue weighted by atomic mass is 9.52. The fraction of sp³-hybridized carbons (Fsp3) is 0.583. The van der Waals surface area contributed by atoms with E-state index in [4.69, 9.17) is 0 Å². The Hall–Kier alpha value is -2.14. The Balaban J connectivity index is 2.16. The van der Waals surface area contributed by atoms with Gasteiger partial charge in [-0.1, -0.05) is 56.2 Å². The van der Waals surface area contributed by atoms with E-state index in [2.05, 4.69) is 31.3 Å². The van der Waals surface area contributed by atoms with Crippen molar-refractivity contribution in [3.63, 3.8) is 0 Å². The van der Waals surface area contributed by atoms with Crippen molar-refractivity contribution in [2.75, 3.05) is 6.61 Å². The molecule has 5 heteroatoms. The number of hydrogen-bond donors (Lipinski definition) is 3. The fourth-order valence-electron chi connectivity index (χ4n) is 5.66. The van der Waals surface area contributed by atoms with E-state index in [1.165, 1.54) is 0 Å². The van der Waals surface area contributed by atoms with Crippen LogP contribution in [0.3, 0.4) is 0 Å². The van der Waals surface area contributed by atoms with Gasteiger partial charge in [-0.3, -0.25) is 9.59 Å². The molecule has 5 nitrogen and oxygen atoms in total. The maximum atomic E-state index is 12.7. The molecular formula is C24H33NO4. The number of ketones is 1. The topological polar surface area (TPSA) is 86.6 Å². The zero-order chi connectivity index (χ0) is 21.3. The zero-order valence-corrected chi connectivity index (χ0v) is 17.8. The van der Waals surface area contributed by atoms with E-state index in [9.17, 15) is 19.8 Å². The van der Waals surface area contributed by atoms with Gasteiger partial charge in [0.2, 0.25) is 0 Å². The summed E-state index contributed by atoms with van der Waals surface area (Å²) in [6.07, 6.45) is 13.3. The molecule has 0 aromatic rings. The minimum Gasteiger partial charge on any atom is -0.511 e. The standard InChI is InChI=1S/C24H33NO4/c1-5-6-7-8-17-15(3)12-16-11-14(2)9-10-18(16)24(17,4)22(28)20-21(27)19(13-26)25-23(20)29/h5-8,12,14,16-19,26,28H,9-11,13H2,1-4H3,(H,25,29)/b6-5+,8-7+,22-20+. The molecule has 0 aromatic heterocycles. The van der Waals surface area contributed by atoms with Gasteiger partial charge in [0.1, 0.15) is 17.4 Å². The van der Waals surface area contributed by atoms with Gasteiger partial charge in [0.05, 0.1) is 6.61 Å². The highest BCUT2D eigenvalue weighted by Gasteiger charge is 2.54. The maximum absolute atomic E-state index is 12.7. The first-order valence-electron chi connectivity index (χ1n) is 10.6. The van der Waals surface area contributed by atoms with Crippen molar-refractivity contribution < 1.29 is 19.8 Å². The third kappa shape index (κ3) is 3.61. The van der Waals surface area contributed by atoms with E-state index in [-0.39, 0.29) is 23.2 Å². The number of amides is 1. The number of carbonyl (C=O) groups excluding carboxylic acids is 2. The SMILES string of the molecule is C/C=C/C=C/C1C(C)=CC2CC(C)CCC2C1(C)/C(O)=C1\C(=O)NC(CO)C1=O. The third-order valence-electron chi connectivity index (χ3n) is 7.18.